The lowest BCUT2D eigenvalue weighted by molar-refractivity contribution is -0.108. The van der Waals surface area contributed by atoms with Gasteiger partial charge in [-0.25, -0.2) is 0 Å². The molecule has 0 atom stereocenters. The summed E-state index contributed by atoms with van der Waals surface area (Å²) in [4.78, 5) is 9.93. The maximum atomic E-state index is 9.93. The Labute approximate surface area is 78.0 Å². The van der Waals surface area contributed by atoms with Crippen molar-refractivity contribution in [3.05, 3.63) is 24.3 Å². The summed E-state index contributed by atoms with van der Waals surface area (Å²) in [6.07, 6.45) is 1.17. The van der Waals surface area contributed by atoms with Gasteiger partial charge in [-0.05, 0) is 12.1 Å². The monoisotopic (exact) mass is 182 g/mol. The summed E-state index contributed by atoms with van der Waals surface area (Å²) in [5.41, 5.74) is 0. The van der Waals surface area contributed by atoms with Crippen molar-refractivity contribution >= 4 is 6.29 Å². The molecular weight excluding hydrogens is 168 g/mol. The first-order valence-electron chi connectivity index (χ1n) is 3.68. The Hall–Kier alpha value is -1.51. The molecule has 3 heteroatoms. The summed E-state index contributed by atoms with van der Waals surface area (Å²) in [5.74, 6) is 0.746. The second-order valence-electron chi connectivity index (χ2n) is 2.30. The molecule has 0 fully saturated rings. The van der Waals surface area contributed by atoms with Crippen LogP contribution in [0.15, 0.2) is 24.3 Å². The molecule has 1 rings (SSSR count). The quantitative estimate of drug-likeness (QED) is 0.572. The number of rotatable bonds is 4. The minimum atomic E-state index is 0. The second-order valence-corrected chi connectivity index (χ2v) is 2.30. The van der Waals surface area contributed by atoms with Crippen LogP contribution in [0, 0.1) is 0 Å². The fraction of sp³-hybridized carbons (Fsp3) is 0.300. The van der Waals surface area contributed by atoms with E-state index in [1.165, 1.54) is 6.07 Å². The molecule has 0 saturated heterocycles. The van der Waals surface area contributed by atoms with Crippen molar-refractivity contribution in [3.8, 4) is 11.5 Å². The van der Waals surface area contributed by atoms with E-state index in [0.717, 1.165) is 6.29 Å². The van der Waals surface area contributed by atoms with E-state index in [-0.39, 0.29) is 13.2 Å². The first kappa shape index (κ1) is 11.5. The number of phenolic OH excluding ortho intramolecular Hbond substituents is 1. The van der Waals surface area contributed by atoms with Gasteiger partial charge in [-0.2, -0.15) is 0 Å². The van der Waals surface area contributed by atoms with Gasteiger partial charge in [0.1, 0.15) is 17.8 Å². The Morgan fingerprint density at radius 2 is 2.23 bits per heavy atom. The van der Waals surface area contributed by atoms with Gasteiger partial charge in [0.15, 0.2) is 0 Å². The molecule has 0 aromatic heterocycles. The lowest BCUT2D eigenvalue weighted by Gasteiger charge is -2.02. The van der Waals surface area contributed by atoms with Crippen molar-refractivity contribution in [1.82, 2.24) is 0 Å². The maximum absolute atomic E-state index is 9.93. The second kappa shape index (κ2) is 6.06. The van der Waals surface area contributed by atoms with Crippen LogP contribution in [0.5, 0.6) is 11.5 Å². The molecule has 72 valence electrons. The molecule has 0 aliphatic rings. The standard InChI is InChI=1S/C9H10O3.CH4/c10-5-2-6-12-9-4-1-3-8(11)7-9;/h1,3-5,7,11H,2,6H2;1H4. The molecule has 1 N–H and O–H groups in total. The average molecular weight is 182 g/mol. The molecule has 0 radical (unpaired) electrons. The van der Waals surface area contributed by atoms with Gasteiger partial charge in [0.05, 0.1) is 6.61 Å². The van der Waals surface area contributed by atoms with E-state index >= 15 is 0 Å². The van der Waals surface area contributed by atoms with E-state index in [9.17, 15) is 4.79 Å². The van der Waals surface area contributed by atoms with Crippen LogP contribution in [0.25, 0.3) is 0 Å². The summed E-state index contributed by atoms with van der Waals surface area (Å²) in [7, 11) is 0. The van der Waals surface area contributed by atoms with Crippen molar-refractivity contribution in [2.24, 2.45) is 0 Å². The van der Waals surface area contributed by atoms with Crippen molar-refractivity contribution in [3.63, 3.8) is 0 Å². The zero-order valence-electron chi connectivity index (χ0n) is 6.56. The average Bonchev–Trinajstić information content (AvgIpc) is 2.05. The number of aldehydes is 1. The number of carbonyl (C=O) groups is 1. The van der Waals surface area contributed by atoms with E-state index in [1.807, 2.05) is 0 Å². The SMILES string of the molecule is C.O=CCCOc1cccc(O)c1. The molecule has 1 aromatic rings. The summed E-state index contributed by atoms with van der Waals surface area (Å²) >= 11 is 0. The number of benzene rings is 1. The molecule has 0 unspecified atom stereocenters. The molecular formula is C10H14O3. The fourth-order valence-corrected chi connectivity index (χ4v) is 0.798. The van der Waals surface area contributed by atoms with Gasteiger partial charge in [0, 0.05) is 12.5 Å². The third-order valence-corrected chi connectivity index (χ3v) is 1.32. The minimum absolute atomic E-state index is 0. The lowest BCUT2D eigenvalue weighted by atomic mass is 10.3. The van der Waals surface area contributed by atoms with Crippen molar-refractivity contribution in [1.29, 1.82) is 0 Å². The first-order valence-corrected chi connectivity index (χ1v) is 3.68. The first-order chi connectivity index (χ1) is 5.83. The normalized spacial score (nSPS) is 8.62. The predicted molar refractivity (Wildman–Crippen MR) is 51.0 cm³/mol. The van der Waals surface area contributed by atoms with E-state index < -0.39 is 0 Å². The van der Waals surface area contributed by atoms with Crippen molar-refractivity contribution < 1.29 is 14.6 Å². The smallest absolute Gasteiger partial charge is 0.123 e. The number of phenols is 1. The molecule has 0 amide bonds. The Balaban J connectivity index is 0.00000144. The Kier molecular flexibility index (Phi) is 5.35. The van der Waals surface area contributed by atoms with Gasteiger partial charge >= 0.3 is 0 Å². The van der Waals surface area contributed by atoms with Crippen molar-refractivity contribution in [2.75, 3.05) is 6.61 Å². The van der Waals surface area contributed by atoms with Gasteiger partial charge in [0.2, 0.25) is 0 Å². The topological polar surface area (TPSA) is 46.5 Å². The van der Waals surface area contributed by atoms with Crippen molar-refractivity contribution in [2.45, 2.75) is 13.8 Å². The number of carbonyl (C=O) groups excluding carboxylic acids is 1. The molecule has 0 heterocycles. The van der Waals surface area contributed by atoms with Crippen LogP contribution in [0.4, 0.5) is 0 Å². The highest BCUT2D eigenvalue weighted by Gasteiger charge is 1.93. The lowest BCUT2D eigenvalue weighted by Crippen LogP contribution is -1.96. The molecule has 0 spiro atoms. The van der Waals surface area contributed by atoms with E-state index in [0.29, 0.717) is 18.8 Å². The maximum Gasteiger partial charge on any atom is 0.123 e. The van der Waals surface area contributed by atoms with Crippen LogP contribution in [0.3, 0.4) is 0 Å². The summed E-state index contributed by atoms with van der Waals surface area (Å²) in [5, 5.41) is 9.02. The van der Waals surface area contributed by atoms with Gasteiger partial charge in [-0.3, -0.25) is 0 Å². The van der Waals surface area contributed by atoms with Crippen LogP contribution < -0.4 is 4.74 Å². The third-order valence-electron chi connectivity index (χ3n) is 1.32. The fourth-order valence-electron chi connectivity index (χ4n) is 0.798. The number of aromatic hydroxyl groups is 1. The Bertz CT molecular complexity index is 258. The summed E-state index contributed by atoms with van der Waals surface area (Å²) in [6, 6.07) is 6.48. The molecule has 0 aliphatic carbocycles. The van der Waals surface area contributed by atoms with E-state index in [1.54, 1.807) is 18.2 Å². The molecule has 3 nitrogen and oxygen atoms in total. The molecule has 0 bridgehead atoms. The predicted octanol–water partition coefficient (Wildman–Crippen LogP) is 2.00. The number of hydrogen-bond donors (Lipinski definition) is 1. The highest BCUT2D eigenvalue weighted by Crippen LogP contribution is 2.17. The number of hydrogen-bond acceptors (Lipinski definition) is 3. The Morgan fingerprint density at radius 1 is 1.46 bits per heavy atom. The van der Waals surface area contributed by atoms with Gasteiger partial charge in [-0.1, -0.05) is 13.5 Å². The zero-order valence-corrected chi connectivity index (χ0v) is 6.56. The van der Waals surface area contributed by atoms with Crippen LogP contribution in [0.1, 0.15) is 13.8 Å². The molecule has 0 aliphatic heterocycles. The minimum Gasteiger partial charge on any atom is -0.508 e. The van der Waals surface area contributed by atoms with Crippen LogP contribution in [0.2, 0.25) is 0 Å². The van der Waals surface area contributed by atoms with Crippen LogP contribution in [-0.2, 0) is 4.79 Å². The van der Waals surface area contributed by atoms with Crippen LogP contribution in [-0.4, -0.2) is 18.0 Å². The Morgan fingerprint density at radius 3 is 2.85 bits per heavy atom. The number of ether oxygens (including phenoxy) is 1. The van der Waals surface area contributed by atoms with E-state index in [2.05, 4.69) is 0 Å². The van der Waals surface area contributed by atoms with Gasteiger partial charge < -0.3 is 14.6 Å². The summed E-state index contributed by atoms with van der Waals surface area (Å²) < 4.78 is 5.14. The zero-order chi connectivity index (χ0) is 8.81. The third kappa shape index (κ3) is 4.15. The molecule has 13 heavy (non-hydrogen) atoms. The largest absolute Gasteiger partial charge is 0.508 e. The van der Waals surface area contributed by atoms with Gasteiger partial charge in [-0.15, -0.1) is 0 Å². The van der Waals surface area contributed by atoms with E-state index in [4.69, 9.17) is 9.84 Å². The molecule has 1 aromatic carbocycles. The van der Waals surface area contributed by atoms with Gasteiger partial charge in [0.25, 0.3) is 0 Å². The highest BCUT2D eigenvalue weighted by molar-refractivity contribution is 5.49. The highest BCUT2D eigenvalue weighted by atomic mass is 16.5. The summed E-state index contributed by atoms with van der Waals surface area (Å²) in [6.45, 7) is 0.354. The molecule has 0 saturated carbocycles. The van der Waals surface area contributed by atoms with Crippen LogP contribution >= 0.6 is 0 Å².